The quantitative estimate of drug-likeness (QED) is 0.666. The number of nitrogens with one attached hydrogen (secondary N) is 1. The molecule has 82 valence electrons. The summed E-state index contributed by atoms with van der Waals surface area (Å²) in [7, 11) is 2.08. The number of amides is 1. The van der Waals surface area contributed by atoms with Gasteiger partial charge in [-0.25, -0.2) is 0 Å². The fourth-order valence-electron chi connectivity index (χ4n) is 1.80. The van der Waals surface area contributed by atoms with Crippen LogP contribution in [0.15, 0.2) is 0 Å². The van der Waals surface area contributed by atoms with Gasteiger partial charge in [-0.05, 0) is 33.4 Å². The lowest BCUT2D eigenvalue weighted by molar-refractivity contribution is -0.122. The Hall–Kier alpha value is -0.610. The molecule has 0 aromatic carbocycles. The summed E-state index contributed by atoms with van der Waals surface area (Å²) in [5.41, 5.74) is 5.55. The van der Waals surface area contributed by atoms with E-state index in [4.69, 9.17) is 5.73 Å². The van der Waals surface area contributed by atoms with Gasteiger partial charge in [0.05, 0.1) is 0 Å². The van der Waals surface area contributed by atoms with Crippen LogP contribution in [0.25, 0.3) is 0 Å². The van der Waals surface area contributed by atoms with Crippen molar-refractivity contribution in [2.24, 2.45) is 5.73 Å². The third-order valence-electron chi connectivity index (χ3n) is 2.71. The van der Waals surface area contributed by atoms with Gasteiger partial charge in [0.25, 0.3) is 0 Å². The molecule has 0 aliphatic carbocycles. The van der Waals surface area contributed by atoms with Crippen LogP contribution in [0, 0.1) is 0 Å². The van der Waals surface area contributed by atoms with E-state index < -0.39 is 0 Å². The zero-order valence-corrected chi connectivity index (χ0v) is 9.12. The summed E-state index contributed by atoms with van der Waals surface area (Å²) in [4.78, 5) is 13.7. The molecule has 0 aromatic rings. The highest BCUT2D eigenvalue weighted by molar-refractivity contribution is 5.76. The predicted molar refractivity (Wildman–Crippen MR) is 56.9 cm³/mol. The molecule has 1 heterocycles. The Morgan fingerprint density at radius 3 is 2.93 bits per heavy atom. The molecule has 0 radical (unpaired) electrons. The Balaban J connectivity index is 2.19. The average molecular weight is 199 g/mol. The third-order valence-corrected chi connectivity index (χ3v) is 2.71. The fourth-order valence-corrected chi connectivity index (χ4v) is 1.80. The lowest BCUT2D eigenvalue weighted by atomic mass is 10.1. The van der Waals surface area contributed by atoms with E-state index >= 15 is 0 Å². The molecule has 3 N–H and O–H groups in total. The first-order valence-corrected chi connectivity index (χ1v) is 5.32. The summed E-state index contributed by atoms with van der Waals surface area (Å²) in [5.74, 6) is 0.126. The SMILES string of the molecule is CC(N)CNC(=O)CC1CCCN1C. The van der Waals surface area contributed by atoms with Crippen LogP contribution >= 0.6 is 0 Å². The Kier molecular flexibility index (Phi) is 4.35. The van der Waals surface area contributed by atoms with Crippen molar-refractivity contribution < 1.29 is 4.79 Å². The van der Waals surface area contributed by atoms with Gasteiger partial charge in [-0.2, -0.15) is 0 Å². The van der Waals surface area contributed by atoms with Crippen molar-refractivity contribution in [1.82, 2.24) is 10.2 Å². The van der Waals surface area contributed by atoms with E-state index in [1.54, 1.807) is 0 Å². The Bertz CT molecular complexity index is 194. The second-order valence-electron chi connectivity index (χ2n) is 4.26. The first-order valence-electron chi connectivity index (χ1n) is 5.32. The van der Waals surface area contributed by atoms with Crippen molar-refractivity contribution in [3.63, 3.8) is 0 Å². The van der Waals surface area contributed by atoms with Crippen LogP contribution in [0.2, 0.25) is 0 Å². The molecular formula is C10H21N3O. The largest absolute Gasteiger partial charge is 0.355 e. The van der Waals surface area contributed by atoms with E-state index in [1.165, 1.54) is 6.42 Å². The Morgan fingerprint density at radius 1 is 1.71 bits per heavy atom. The minimum atomic E-state index is 0.0419. The highest BCUT2D eigenvalue weighted by atomic mass is 16.1. The monoisotopic (exact) mass is 199 g/mol. The highest BCUT2D eigenvalue weighted by Gasteiger charge is 2.23. The zero-order chi connectivity index (χ0) is 10.6. The maximum absolute atomic E-state index is 11.5. The van der Waals surface area contributed by atoms with E-state index in [0.29, 0.717) is 19.0 Å². The van der Waals surface area contributed by atoms with Crippen LogP contribution < -0.4 is 11.1 Å². The summed E-state index contributed by atoms with van der Waals surface area (Å²) >= 11 is 0. The summed E-state index contributed by atoms with van der Waals surface area (Å²) < 4.78 is 0. The van der Waals surface area contributed by atoms with Crippen molar-refractivity contribution in [2.75, 3.05) is 20.1 Å². The number of likely N-dealkylation sites (tertiary alicyclic amines) is 1. The molecular weight excluding hydrogens is 178 g/mol. The molecule has 14 heavy (non-hydrogen) atoms. The topological polar surface area (TPSA) is 58.4 Å². The van der Waals surface area contributed by atoms with Gasteiger partial charge in [0.1, 0.15) is 0 Å². The number of nitrogens with two attached hydrogens (primary N) is 1. The van der Waals surface area contributed by atoms with Gasteiger partial charge in [0, 0.05) is 25.0 Å². The molecule has 1 saturated heterocycles. The highest BCUT2D eigenvalue weighted by Crippen LogP contribution is 2.17. The lowest BCUT2D eigenvalue weighted by Crippen LogP contribution is -2.38. The van der Waals surface area contributed by atoms with Crippen molar-refractivity contribution >= 4 is 5.91 Å². The van der Waals surface area contributed by atoms with Crippen molar-refractivity contribution in [3.8, 4) is 0 Å². The average Bonchev–Trinajstić information content (AvgIpc) is 2.49. The second kappa shape index (κ2) is 5.32. The molecule has 4 nitrogen and oxygen atoms in total. The normalized spacial score (nSPS) is 24.9. The van der Waals surface area contributed by atoms with Crippen LogP contribution in [0.1, 0.15) is 26.2 Å². The van der Waals surface area contributed by atoms with Crippen molar-refractivity contribution in [3.05, 3.63) is 0 Å². The molecule has 0 saturated carbocycles. The van der Waals surface area contributed by atoms with E-state index in [2.05, 4.69) is 17.3 Å². The minimum Gasteiger partial charge on any atom is -0.355 e. The van der Waals surface area contributed by atoms with E-state index in [0.717, 1.165) is 13.0 Å². The summed E-state index contributed by atoms with van der Waals surface area (Å²) in [6, 6.07) is 0.475. The predicted octanol–water partition coefficient (Wildman–Crippen LogP) is -0.0659. The number of nitrogens with zero attached hydrogens (tertiary/aromatic N) is 1. The summed E-state index contributed by atoms with van der Waals surface area (Å²) in [5, 5.41) is 2.84. The smallest absolute Gasteiger partial charge is 0.221 e. The van der Waals surface area contributed by atoms with Crippen LogP contribution in [0.3, 0.4) is 0 Å². The summed E-state index contributed by atoms with van der Waals surface area (Å²) in [6.07, 6.45) is 2.97. The molecule has 1 amide bonds. The molecule has 0 aromatic heterocycles. The first kappa shape index (κ1) is 11.5. The maximum atomic E-state index is 11.5. The molecule has 1 aliphatic rings. The van der Waals surface area contributed by atoms with Crippen LogP contribution in [0.4, 0.5) is 0 Å². The van der Waals surface area contributed by atoms with Gasteiger partial charge < -0.3 is 16.0 Å². The number of carbonyl (C=O) groups excluding carboxylic acids is 1. The van der Waals surface area contributed by atoms with E-state index in [-0.39, 0.29) is 11.9 Å². The van der Waals surface area contributed by atoms with Gasteiger partial charge in [-0.15, -0.1) is 0 Å². The zero-order valence-electron chi connectivity index (χ0n) is 9.12. The number of hydrogen-bond donors (Lipinski definition) is 2. The molecule has 1 aliphatic heterocycles. The fraction of sp³-hybridized carbons (Fsp3) is 0.900. The number of rotatable bonds is 4. The van der Waals surface area contributed by atoms with E-state index in [1.807, 2.05) is 6.92 Å². The van der Waals surface area contributed by atoms with Gasteiger partial charge in [0.2, 0.25) is 5.91 Å². The Labute approximate surface area is 85.8 Å². The van der Waals surface area contributed by atoms with Gasteiger partial charge in [-0.1, -0.05) is 0 Å². The first-order chi connectivity index (χ1) is 6.59. The van der Waals surface area contributed by atoms with E-state index in [9.17, 15) is 4.79 Å². The lowest BCUT2D eigenvalue weighted by Gasteiger charge is -2.18. The van der Waals surface area contributed by atoms with Gasteiger partial charge in [0.15, 0.2) is 0 Å². The third kappa shape index (κ3) is 3.64. The standard InChI is InChI=1S/C10H21N3O/c1-8(11)7-12-10(14)6-9-4-3-5-13(9)2/h8-9H,3-7,11H2,1-2H3,(H,12,14). The Morgan fingerprint density at radius 2 is 2.43 bits per heavy atom. The summed E-state index contributed by atoms with van der Waals surface area (Å²) in [6.45, 7) is 3.59. The molecule has 1 rings (SSSR count). The van der Waals surface area contributed by atoms with Gasteiger partial charge >= 0.3 is 0 Å². The molecule has 0 spiro atoms. The molecule has 2 atom stereocenters. The second-order valence-corrected chi connectivity index (χ2v) is 4.26. The number of carbonyl (C=O) groups is 1. The van der Waals surface area contributed by atoms with Crippen LogP contribution in [-0.2, 0) is 4.79 Å². The van der Waals surface area contributed by atoms with Crippen LogP contribution in [-0.4, -0.2) is 43.0 Å². The maximum Gasteiger partial charge on any atom is 0.221 e. The minimum absolute atomic E-state index is 0.0419. The van der Waals surface area contributed by atoms with Gasteiger partial charge in [-0.3, -0.25) is 4.79 Å². The molecule has 4 heteroatoms. The number of hydrogen-bond acceptors (Lipinski definition) is 3. The molecule has 2 unspecified atom stereocenters. The molecule has 0 bridgehead atoms. The van der Waals surface area contributed by atoms with Crippen molar-refractivity contribution in [2.45, 2.75) is 38.3 Å². The molecule has 1 fully saturated rings. The van der Waals surface area contributed by atoms with Crippen molar-refractivity contribution in [1.29, 1.82) is 0 Å². The van der Waals surface area contributed by atoms with Crippen LogP contribution in [0.5, 0.6) is 0 Å².